The van der Waals surface area contributed by atoms with Gasteiger partial charge in [0.1, 0.15) is 31.1 Å². The van der Waals surface area contributed by atoms with Gasteiger partial charge in [0.2, 0.25) is 5.91 Å². The minimum atomic E-state index is -1.40. The summed E-state index contributed by atoms with van der Waals surface area (Å²) in [5.74, 6) is -0.364. The van der Waals surface area contributed by atoms with Gasteiger partial charge in [0.05, 0.1) is 6.54 Å². The summed E-state index contributed by atoms with van der Waals surface area (Å²) in [6, 6.07) is 13.6. The van der Waals surface area contributed by atoms with Crippen LogP contribution < -0.4 is 19.7 Å². The second-order valence-electron chi connectivity index (χ2n) is 8.34. The molecule has 2 aromatic carbocycles. The third kappa shape index (κ3) is 4.32. The summed E-state index contributed by atoms with van der Waals surface area (Å²) in [4.78, 5) is 42.9. The van der Waals surface area contributed by atoms with E-state index in [1.165, 1.54) is 47.4 Å². The fourth-order valence-corrected chi connectivity index (χ4v) is 4.81. The number of amides is 4. The highest BCUT2D eigenvalue weighted by atomic mass is 32.1. The number of urea groups is 1. The third-order valence-electron chi connectivity index (χ3n) is 6.02. The normalized spacial score (nSPS) is 19.0. The van der Waals surface area contributed by atoms with E-state index in [1.807, 2.05) is 17.5 Å². The lowest BCUT2D eigenvalue weighted by Gasteiger charge is -2.27. The van der Waals surface area contributed by atoms with E-state index in [0.29, 0.717) is 36.0 Å². The van der Waals surface area contributed by atoms with Crippen molar-refractivity contribution in [1.82, 2.24) is 10.2 Å². The monoisotopic (exact) mass is 495 g/mol. The molecule has 2 aliphatic rings. The molecule has 1 atom stereocenters. The van der Waals surface area contributed by atoms with E-state index in [4.69, 9.17) is 9.47 Å². The number of anilines is 1. The Balaban J connectivity index is 1.41. The van der Waals surface area contributed by atoms with Crippen LogP contribution in [0, 0.1) is 5.82 Å². The van der Waals surface area contributed by atoms with Crippen LogP contribution in [0.25, 0.3) is 0 Å². The lowest BCUT2D eigenvalue weighted by molar-refractivity contribution is -0.134. The van der Waals surface area contributed by atoms with Crippen LogP contribution in [0.4, 0.5) is 14.9 Å². The average molecular weight is 496 g/mol. The van der Waals surface area contributed by atoms with Gasteiger partial charge in [0.25, 0.3) is 5.91 Å². The van der Waals surface area contributed by atoms with Gasteiger partial charge in [0.15, 0.2) is 11.5 Å². The number of ether oxygens (including phenoxy) is 2. The molecule has 0 spiro atoms. The van der Waals surface area contributed by atoms with Crippen LogP contribution in [0.15, 0.2) is 60.0 Å². The van der Waals surface area contributed by atoms with E-state index in [-0.39, 0.29) is 6.54 Å². The topological polar surface area (TPSA) is 88.2 Å². The number of hydrogen-bond acceptors (Lipinski definition) is 6. The van der Waals surface area contributed by atoms with Crippen molar-refractivity contribution in [3.63, 3.8) is 0 Å². The van der Waals surface area contributed by atoms with Gasteiger partial charge in [-0.25, -0.2) is 9.18 Å². The van der Waals surface area contributed by atoms with Crippen LogP contribution in [0.2, 0.25) is 0 Å². The van der Waals surface area contributed by atoms with Crippen LogP contribution in [0.3, 0.4) is 0 Å². The molecule has 8 nitrogen and oxygen atoms in total. The smallest absolute Gasteiger partial charge is 0.325 e. The Morgan fingerprint density at radius 2 is 1.86 bits per heavy atom. The first kappa shape index (κ1) is 22.9. The molecule has 1 saturated heterocycles. The molecule has 3 aromatic rings. The molecule has 35 heavy (non-hydrogen) atoms. The van der Waals surface area contributed by atoms with Crippen LogP contribution >= 0.6 is 11.3 Å². The van der Waals surface area contributed by atoms with E-state index >= 15 is 0 Å². The molecule has 0 bridgehead atoms. The largest absolute Gasteiger partial charge is 0.486 e. The number of benzene rings is 2. The SMILES string of the molecule is C[C@]1(c2ccc(F)cc2)NC(=O)N(CC(=O)N(Cc2cccs2)c2ccc3c(c2)OCCO3)C1=O. The van der Waals surface area contributed by atoms with Crippen molar-refractivity contribution in [2.45, 2.75) is 19.0 Å². The second-order valence-corrected chi connectivity index (χ2v) is 9.37. The van der Waals surface area contributed by atoms with Gasteiger partial charge < -0.3 is 19.7 Å². The van der Waals surface area contributed by atoms with Crippen LogP contribution in [-0.4, -0.2) is 42.5 Å². The fraction of sp³-hybridized carbons (Fsp3) is 0.240. The van der Waals surface area contributed by atoms with Crippen LogP contribution in [0.5, 0.6) is 11.5 Å². The molecule has 5 rings (SSSR count). The maximum Gasteiger partial charge on any atom is 0.325 e. The van der Waals surface area contributed by atoms with Gasteiger partial charge in [-0.3, -0.25) is 14.5 Å². The number of halogens is 1. The summed E-state index contributed by atoms with van der Waals surface area (Å²) in [5, 5.41) is 4.56. The highest BCUT2D eigenvalue weighted by Crippen LogP contribution is 2.35. The van der Waals surface area contributed by atoms with Crippen LogP contribution in [0.1, 0.15) is 17.4 Å². The second kappa shape index (κ2) is 9.03. The van der Waals surface area contributed by atoms with Crippen molar-refractivity contribution in [1.29, 1.82) is 0 Å². The predicted octanol–water partition coefficient (Wildman–Crippen LogP) is 3.66. The number of carbonyl (C=O) groups excluding carboxylic acids is 3. The van der Waals surface area contributed by atoms with E-state index in [9.17, 15) is 18.8 Å². The summed E-state index contributed by atoms with van der Waals surface area (Å²) >= 11 is 1.49. The summed E-state index contributed by atoms with van der Waals surface area (Å²) in [6.07, 6.45) is 0. The lowest BCUT2D eigenvalue weighted by atomic mass is 9.92. The Morgan fingerprint density at radius 1 is 1.11 bits per heavy atom. The number of rotatable bonds is 6. The van der Waals surface area contributed by atoms with Crippen molar-refractivity contribution < 1.29 is 28.2 Å². The Morgan fingerprint density at radius 3 is 2.57 bits per heavy atom. The molecule has 1 aromatic heterocycles. The number of nitrogens with zero attached hydrogens (tertiary/aromatic N) is 2. The van der Waals surface area contributed by atoms with Crippen LogP contribution in [-0.2, 0) is 21.7 Å². The van der Waals surface area contributed by atoms with Gasteiger partial charge in [-0.05, 0) is 48.2 Å². The Bertz CT molecular complexity index is 1280. The predicted molar refractivity (Wildman–Crippen MR) is 127 cm³/mol. The van der Waals surface area contributed by atoms with Crippen molar-refractivity contribution >= 4 is 34.9 Å². The van der Waals surface area contributed by atoms with Crippen molar-refractivity contribution in [3.05, 3.63) is 76.2 Å². The first-order valence-corrected chi connectivity index (χ1v) is 11.9. The molecule has 1 fully saturated rings. The quantitative estimate of drug-likeness (QED) is 0.528. The Kier molecular flexibility index (Phi) is 5.89. The minimum absolute atomic E-state index is 0.259. The maximum absolute atomic E-state index is 13.5. The number of fused-ring (bicyclic) bond motifs is 1. The van der Waals surface area contributed by atoms with Crippen molar-refractivity contribution in [3.8, 4) is 11.5 Å². The molecule has 0 aliphatic carbocycles. The van der Waals surface area contributed by atoms with Crippen molar-refractivity contribution in [2.75, 3.05) is 24.7 Å². The fourth-order valence-electron chi connectivity index (χ4n) is 4.12. The molecule has 0 unspecified atom stereocenters. The summed E-state index contributed by atoms with van der Waals surface area (Å²) in [7, 11) is 0. The Labute approximate surface area is 204 Å². The molecular formula is C25H22FN3O5S. The molecular weight excluding hydrogens is 473 g/mol. The van der Waals surface area contributed by atoms with Gasteiger partial charge in [-0.2, -0.15) is 0 Å². The van der Waals surface area contributed by atoms with Gasteiger partial charge in [0, 0.05) is 16.6 Å². The molecule has 1 N–H and O–H groups in total. The third-order valence-corrected chi connectivity index (χ3v) is 6.88. The number of nitrogens with one attached hydrogen (secondary N) is 1. The van der Waals surface area contributed by atoms with E-state index in [2.05, 4.69) is 5.32 Å². The van der Waals surface area contributed by atoms with Gasteiger partial charge in [-0.15, -0.1) is 11.3 Å². The summed E-state index contributed by atoms with van der Waals surface area (Å²) in [6.45, 7) is 2.19. The lowest BCUT2D eigenvalue weighted by Crippen LogP contribution is -2.44. The number of hydrogen-bond donors (Lipinski definition) is 1. The number of thiophene rings is 1. The first-order valence-electron chi connectivity index (χ1n) is 11.0. The number of imide groups is 1. The standard InChI is InChI=1S/C25H22FN3O5S/c1-25(16-4-6-17(26)7-5-16)23(31)29(24(32)27-25)15-22(30)28(14-19-3-2-12-35-19)18-8-9-20-21(13-18)34-11-10-33-20/h2-9,12-13H,10-11,14-15H2,1H3,(H,27,32)/t25-/m1/s1. The first-order chi connectivity index (χ1) is 16.8. The summed E-state index contributed by atoms with van der Waals surface area (Å²) in [5.41, 5.74) is -0.420. The van der Waals surface area contributed by atoms with E-state index in [0.717, 1.165) is 9.78 Å². The molecule has 10 heteroatoms. The number of carbonyl (C=O) groups is 3. The average Bonchev–Trinajstić information content (AvgIpc) is 3.45. The van der Waals surface area contributed by atoms with E-state index < -0.39 is 35.7 Å². The Hall–Kier alpha value is -3.92. The highest BCUT2D eigenvalue weighted by Gasteiger charge is 2.49. The molecule has 3 heterocycles. The maximum atomic E-state index is 13.5. The molecule has 180 valence electrons. The van der Waals surface area contributed by atoms with Crippen molar-refractivity contribution in [2.24, 2.45) is 0 Å². The summed E-state index contributed by atoms with van der Waals surface area (Å²) < 4.78 is 24.6. The molecule has 0 saturated carbocycles. The zero-order chi connectivity index (χ0) is 24.6. The van der Waals surface area contributed by atoms with Gasteiger partial charge in [-0.1, -0.05) is 18.2 Å². The minimum Gasteiger partial charge on any atom is -0.486 e. The molecule has 0 radical (unpaired) electrons. The zero-order valence-electron chi connectivity index (χ0n) is 18.8. The molecule has 4 amide bonds. The molecule has 2 aliphatic heterocycles. The highest BCUT2D eigenvalue weighted by molar-refractivity contribution is 7.09. The van der Waals surface area contributed by atoms with E-state index in [1.54, 1.807) is 18.2 Å². The van der Waals surface area contributed by atoms with Gasteiger partial charge >= 0.3 is 6.03 Å². The zero-order valence-corrected chi connectivity index (χ0v) is 19.6.